The molecule has 0 N–H and O–H groups in total. The topological polar surface area (TPSA) is 224 Å². The van der Waals surface area contributed by atoms with Crippen molar-refractivity contribution in [2.45, 2.75) is 12.4 Å². The largest absolute Gasteiger partial charge is 0.417 e. The number of nitriles is 9. The van der Waals surface area contributed by atoms with Crippen molar-refractivity contribution in [1.82, 2.24) is 9.13 Å². The van der Waals surface area contributed by atoms with Crippen LogP contribution in [-0.4, -0.2) is 9.13 Å². The minimum Gasteiger partial charge on any atom is -0.307 e. The fraction of sp³-hybridized carbons (Fsp3) is 0.0282. The molecule has 0 unspecified atom stereocenters. The lowest BCUT2D eigenvalue weighted by Crippen LogP contribution is -2.15. The van der Waals surface area contributed by atoms with Crippen LogP contribution in [0, 0.1) is 102 Å². The summed E-state index contributed by atoms with van der Waals surface area (Å²) in [6.45, 7) is 0. The van der Waals surface area contributed by atoms with Crippen molar-refractivity contribution in [2.24, 2.45) is 0 Å². The maximum atomic E-state index is 15.5. The van der Waals surface area contributed by atoms with Gasteiger partial charge < -0.3 is 9.13 Å². The van der Waals surface area contributed by atoms with Gasteiger partial charge in [-0.15, -0.1) is 0 Å². The molecule has 2 aromatic heterocycles. The average molecular weight is 1150 g/mol. The van der Waals surface area contributed by atoms with E-state index in [0.29, 0.717) is 95.3 Å². The van der Waals surface area contributed by atoms with E-state index in [4.69, 9.17) is 0 Å². The minimum absolute atomic E-state index is 0.00530. The molecule has 12 aromatic rings. The van der Waals surface area contributed by atoms with Gasteiger partial charge in [-0.05, 0) is 166 Å². The Balaban J connectivity index is 1.32. The summed E-state index contributed by atoms with van der Waals surface area (Å²) < 4.78 is 96.6. The van der Waals surface area contributed by atoms with E-state index >= 15 is 26.3 Å². The van der Waals surface area contributed by atoms with Gasteiger partial charge in [-0.2, -0.15) is 73.7 Å². The second-order valence-corrected chi connectivity index (χ2v) is 20.4. The molecule has 0 saturated heterocycles. The number of fused-ring (bicyclic) bond motifs is 6. The lowest BCUT2D eigenvalue weighted by atomic mass is 9.89. The summed E-state index contributed by atoms with van der Waals surface area (Å²) in [6, 6.07) is 61.3. The van der Waals surface area contributed by atoms with Crippen LogP contribution < -0.4 is 0 Å². The van der Waals surface area contributed by atoms with Crippen LogP contribution in [0.4, 0.5) is 26.3 Å². The lowest BCUT2D eigenvalue weighted by Gasteiger charge is -2.23. The molecule has 2 heterocycles. The predicted molar refractivity (Wildman–Crippen MR) is 315 cm³/mol. The van der Waals surface area contributed by atoms with Crippen LogP contribution in [0.2, 0.25) is 0 Å². The minimum atomic E-state index is -5.42. The molecule has 0 radical (unpaired) electrons. The smallest absolute Gasteiger partial charge is 0.307 e. The summed E-state index contributed by atoms with van der Waals surface area (Å²) in [4.78, 5) is 0. The molecule has 410 valence electrons. The molecule has 0 aliphatic rings. The Morgan fingerprint density at radius 2 is 0.534 bits per heavy atom. The first-order valence-electron chi connectivity index (χ1n) is 26.3. The van der Waals surface area contributed by atoms with Crippen LogP contribution in [0.25, 0.3) is 111 Å². The second-order valence-electron chi connectivity index (χ2n) is 20.4. The predicted octanol–water partition coefficient (Wildman–Crippen LogP) is 17.1. The van der Waals surface area contributed by atoms with Crippen LogP contribution in [0.5, 0.6) is 0 Å². The number of alkyl halides is 6. The SMILES string of the molecule is N#Cc1cc(C#N)cc(-c2ccc3c4ccc(-c5cc(C#N)cc(C#N)c5)cc4n(-c4cc(C#N)c(-c5c(C(F)(F)F)cccc5C(F)(F)F)cc4-n4c5cc(-c6cc(C#N)cc(C#N)c6)ccc5c5ccc(-c6cc(C#N)cc(C#N)c6)cc54)c3c2)c1. The third-order valence-corrected chi connectivity index (χ3v) is 15.3. The second kappa shape index (κ2) is 21.2. The molecule has 11 nitrogen and oxygen atoms in total. The Morgan fingerprint density at radius 1 is 0.273 bits per heavy atom. The van der Waals surface area contributed by atoms with Gasteiger partial charge in [-0.25, -0.2) is 0 Å². The molecule has 10 aromatic carbocycles. The summed E-state index contributed by atoms with van der Waals surface area (Å²) >= 11 is 0. The maximum absolute atomic E-state index is 15.5. The van der Waals surface area contributed by atoms with Crippen LogP contribution in [0.1, 0.15) is 61.2 Å². The highest BCUT2D eigenvalue weighted by atomic mass is 19.4. The number of hydrogen-bond donors (Lipinski definition) is 0. The average Bonchev–Trinajstić information content (AvgIpc) is 2.64. The number of aromatic nitrogens is 2. The zero-order valence-electron chi connectivity index (χ0n) is 44.9. The molecule has 0 spiro atoms. The zero-order valence-corrected chi connectivity index (χ0v) is 44.9. The molecule has 0 saturated carbocycles. The van der Waals surface area contributed by atoms with E-state index in [0.717, 1.165) is 6.07 Å². The number of halogens is 6. The molecular weight excluding hydrogens is 1120 g/mol. The fourth-order valence-corrected chi connectivity index (χ4v) is 11.5. The summed E-state index contributed by atoms with van der Waals surface area (Å²) in [5.74, 6) is 0. The van der Waals surface area contributed by atoms with Gasteiger partial charge in [0.15, 0.2) is 0 Å². The molecule has 0 bridgehead atoms. The standard InChI is InChI=1S/C71H29F6N11/c72-70(73,74)61-2-1-3-62(71(75,76)77)69(61)60-29-68(88-65-26-49(53-20-43(34-82)14-44(21-53)35-83)6-10-58(65)59-11-7-50(27-66(59)88)54-22-45(36-84)15-46(23-54)37-85)67(28-55(60)38-86)87-63-24-47(51-16-39(30-78)12-40(17-51)31-79)4-8-56(63)57-9-5-48(25-64(57)87)52-18-41(32-80)13-42(19-52)33-81/h1-29H. The van der Waals surface area contributed by atoms with Gasteiger partial charge in [0.05, 0.1) is 149 Å². The van der Waals surface area contributed by atoms with Gasteiger partial charge in [0, 0.05) is 32.7 Å². The van der Waals surface area contributed by atoms with E-state index in [1.807, 2.05) is 6.07 Å². The Bertz CT molecular complexity index is 5080. The number of nitrogens with zero attached hydrogens (tertiary/aromatic N) is 11. The van der Waals surface area contributed by atoms with E-state index in [-0.39, 0.29) is 66.9 Å². The van der Waals surface area contributed by atoms with Crippen LogP contribution in [0.15, 0.2) is 176 Å². The lowest BCUT2D eigenvalue weighted by molar-refractivity contribution is -0.142. The Kier molecular flexibility index (Phi) is 13.3. The van der Waals surface area contributed by atoms with Gasteiger partial charge in [0.1, 0.15) is 0 Å². The highest BCUT2D eigenvalue weighted by molar-refractivity contribution is 6.14. The summed E-state index contributed by atoms with van der Waals surface area (Å²) in [7, 11) is 0. The monoisotopic (exact) mass is 1150 g/mol. The maximum Gasteiger partial charge on any atom is 0.417 e. The molecule has 0 fully saturated rings. The van der Waals surface area contributed by atoms with Crippen LogP contribution in [0.3, 0.4) is 0 Å². The van der Waals surface area contributed by atoms with Crippen molar-refractivity contribution in [1.29, 1.82) is 47.4 Å². The van der Waals surface area contributed by atoms with E-state index in [9.17, 15) is 47.4 Å². The fourth-order valence-electron chi connectivity index (χ4n) is 11.5. The molecule has 88 heavy (non-hydrogen) atoms. The zero-order chi connectivity index (χ0) is 61.9. The Morgan fingerprint density at radius 3 is 0.773 bits per heavy atom. The van der Waals surface area contributed by atoms with E-state index in [2.05, 4.69) is 48.6 Å². The Labute approximate surface area is 495 Å². The van der Waals surface area contributed by atoms with Crippen molar-refractivity contribution in [3.05, 3.63) is 237 Å². The first-order valence-corrected chi connectivity index (χ1v) is 26.3. The number of rotatable bonds is 7. The van der Waals surface area contributed by atoms with Crippen molar-refractivity contribution >= 4 is 43.6 Å². The number of hydrogen-bond acceptors (Lipinski definition) is 9. The highest BCUT2D eigenvalue weighted by Crippen LogP contribution is 2.49. The van der Waals surface area contributed by atoms with Gasteiger partial charge in [0.2, 0.25) is 0 Å². The summed E-state index contributed by atoms with van der Waals surface area (Å²) in [5, 5.41) is 94.0. The van der Waals surface area contributed by atoms with Crippen molar-refractivity contribution in [2.75, 3.05) is 0 Å². The normalized spacial score (nSPS) is 11.2. The van der Waals surface area contributed by atoms with Gasteiger partial charge in [-0.1, -0.05) is 54.6 Å². The molecule has 12 rings (SSSR count). The van der Waals surface area contributed by atoms with Crippen molar-refractivity contribution in [3.63, 3.8) is 0 Å². The number of benzene rings is 10. The van der Waals surface area contributed by atoms with E-state index in [1.165, 1.54) is 30.3 Å². The molecule has 0 aliphatic carbocycles. The molecular formula is C71H29F6N11. The van der Waals surface area contributed by atoms with Crippen molar-refractivity contribution in [3.8, 4) is 122 Å². The van der Waals surface area contributed by atoms with Gasteiger partial charge in [0.25, 0.3) is 0 Å². The quantitative estimate of drug-likeness (QED) is 0.138. The molecule has 0 amide bonds. The van der Waals surface area contributed by atoms with E-state index in [1.54, 1.807) is 130 Å². The summed E-state index contributed by atoms with van der Waals surface area (Å²) in [6.07, 6.45) is -10.8. The van der Waals surface area contributed by atoms with E-state index < -0.39 is 40.2 Å². The highest BCUT2D eigenvalue weighted by Gasteiger charge is 2.42. The van der Waals surface area contributed by atoms with Crippen LogP contribution in [-0.2, 0) is 12.4 Å². The van der Waals surface area contributed by atoms with Crippen molar-refractivity contribution < 1.29 is 26.3 Å². The third kappa shape index (κ3) is 9.49. The Hall–Kier alpha value is -13.2. The molecule has 17 heteroatoms. The molecule has 0 aliphatic heterocycles. The van der Waals surface area contributed by atoms with Gasteiger partial charge in [-0.3, -0.25) is 0 Å². The molecule has 0 atom stereocenters. The first-order chi connectivity index (χ1) is 42.4. The van der Waals surface area contributed by atoms with Gasteiger partial charge >= 0.3 is 12.4 Å². The van der Waals surface area contributed by atoms with Crippen LogP contribution >= 0.6 is 0 Å². The first kappa shape index (κ1) is 55.3. The third-order valence-electron chi connectivity index (χ3n) is 15.3. The summed E-state index contributed by atoms with van der Waals surface area (Å²) in [5.41, 5.74) is -0.439.